The Hall–Kier alpha value is -2.66. The Bertz CT molecular complexity index is 1300. The van der Waals surface area contributed by atoms with Crippen molar-refractivity contribution in [2.45, 2.75) is 38.8 Å². The van der Waals surface area contributed by atoms with Crippen molar-refractivity contribution in [3.63, 3.8) is 0 Å². The van der Waals surface area contributed by atoms with Gasteiger partial charge in [-0.3, -0.25) is 0 Å². The van der Waals surface area contributed by atoms with Gasteiger partial charge in [0.15, 0.2) is 0 Å². The van der Waals surface area contributed by atoms with Gasteiger partial charge in [0.25, 0.3) is 0 Å². The number of fused-ring (bicyclic) bond motifs is 1. The smallest absolute Gasteiger partial charge is 0.148 e. The standard InChI is InChI=1S/C26H28N2O3S2/c1-5-18-15-19(9-12-24(18)31-17(2)3)26-28-16-25(32-26)22-8-6-7-21-20(22)10-11-23(21)27-13-14-33(4,29)30/h1,6-9,12,15-17,23,27H,10-11,13-14H2,2-4H3. The molecular formula is C26H28N2O3S2. The third-order valence-corrected chi connectivity index (χ3v) is 7.68. The van der Waals surface area contributed by atoms with Crippen molar-refractivity contribution in [2.24, 2.45) is 0 Å². The van der Waals surface area contributed by atoms with Crippen molar-refractivity contribution in [1.29, 1.82) is 0 Å². The maximum absolute atomic E-state index is 11.5. The molecule has 7 heteroatoms. The molecule has 0 amide bonds. The molecule has 33 heavy (non-hydrogen) atoms. The number of nitrogens with zero attached hydrogens (tertiary/aromatic N) is 1. The second-order valence-electron chi connectivity index (χ2n) is 8.60. The highest BCUT2D eigenvalue weighted by atomic mass is 32.2. The van der Waals surface area contributed by atoms with Crippen LogP contribution in [0.4, 0.5) is 0 Å². The minimum atomic E-state index is -2.97. The predicted octanol–water partition coefficient (Wildman–Crippen LogP) is 4.87. The van der Waals surface area contributed by atoms with Crippen LogP contribution in [0.3, 0.4) is 0 Å². The van der Waals surface area contributed by atoms with Crippen LogP contribution in [0.1, 0.15) is 43.0 Å². The number of nitrogens with one attached hydrogen (secondary N) is 1. The molecule has 4 rings (SSSR count). The van der Waals surface area contributed by atoms with Gasteiger partial charge in [-0.2, -0.15) is 0 Å². The molecule has 1 atom stereocenters. The molecule has 0 saturated carbocycles. The van der Waals surface area contributed by atoms with Gasteiger partial charge in [-0.15, -0.1) is 17.8 Å². The lowest BCUT2D eigenvalue weighted by atomic mass is 10.0. The van der Waals surface area contributed by atoms with Gasteiger partial charge in [0.2, 0.25) is 0 Å². The highest BCUT2D eigenvalue weighted by molar-refractivity contribution is 7.90. The second kappa shape index (κ2) is 9.68. The molecule has 1 heterocycles. The van der Waals surface area contributed by atoms with Crippen molar-refractivity contribution in [3.8, 4) is 39.1 Å². The van der Waals surface area contributed by atoms with Crippen LogP contribution in [0, 0.1) is 12.3 Å². The van der Waals surface area contributed by atoms with Crippen molar-refractivity contribution in [1.82, 2.24) is 10.3 Å². The topological polar surface area (TPSA) is 68.3 Å². The van der Waals surface area contributed by atoms with E-state index in [0.717, 1.165) is 33.9 Å². The van der Waals surface area contributed by atoms with E-state index in [0.29, 0.717) is 12.3 Å². The Labute approximate surface area is 200 Å². The highest BCUT2D eigenvalue weighted by Crippen LogP contribution is 2.41. The van der Waals surface area contributed by atoms with Crippen molar-refractivity contribution >= 4 is 21.2 Å². The van der Waals surface area contributed by atoms with Gasteiger partial charge < -0.3 is 10.1 Å². The first kappa shape index (κ1) is 23.5. The Morgan fingerprint density at radius 2 is 2.12 bits per heavy atom. The summed E-state index contributed by atoms with van der Waals surface area (Å²) in [6.07, 6.45) is 10.9. The van der Waals surface area contributed by atoms with E-state index in [1.807, 2.05) is 38.2 Å². The molecule has 0 fully saturated rings. The van der Waals surface area contributed by atoms with Gasteiger partial charge in [0.1, 0.15) is 20.6 Å². The summed E-state index contributed by atoms with van der Waals surface area (Å²) >= 11 is 1.65. The minimum absolute atomic E-state index is 0.0549. The average Bonchev–Trinajstić information content (AvgIpc) is 3.40. The van der Waals surface area contributed by atoms with Gasteiger partial charge in [-0.25, -0.2) is 13.4 Å². The highest BCUT2D eigenvalue weighted by Gasteiger charge is 2.25. The van der Waals surface area contributed by atoms with Gasteiger partial charge in [0.05, 0.1) is 22.3 Å². The first-order valence-electron chi connectivity index (χ1n) is 11.0. The average molecular weight is 481 g/mol. The number of aromatic nitrogens is 1. The Balaban J connectivity index is 1.57. The van der Waals surface area contributed by atoms with Crippen LogP contribution in [-0.2, 0) is 16.3 Å². The molecule has 1 aromatic heterocycles. The summed E-state index contributed by atoms with van der Waals surface area (Å²) in [5.41, 5.74) is 5.46. The molecular weight excluding hydrogens is 452 g/mol. The van der Waals surface area contributed by atoms with E-state index in [9.17, 15) is 8.42 Å². The summed E-state index contributed by atoms with van der Waals surface area (Å²) < 4.78 is 28.7. The van der Waals surface area contributed by atoms with E-state index < -0.39 is 9.84 Å². The van der Waals surface area contributed by atoms with E-state index in [4.69, 9.17) is 11.2 Å². The Kier molecular flexibility index (Phi) is 6.89. The first-order valence-corrected chi connectivity index (χ1v) is 13.9. The second-order valence-corrected chi connectivity index (χ2v) is 11.9. The molecule has 0 aliphatic heterocycles. The third-order valence-electron chi connectivity index (χ3n) is 5.65. The lowest BCUT2D eigenvalue weighted by Gasteiger charge is -2.14. The van der Waals surface area contributed by atoms with Crippen LogP contribution in [0.15, 0.2) is 42.6 Å². The van der Waals surface area contributed by atoms with Gasteiger partial charge in [-0.05, 0) is 61.6 Å². The first-order chi connectivity index (χ1) is 15.7. The zero-order valence-electron chi connectivity index (χ0n) is 19.1. The van der Waals surface area contributed by atoms with Crippen molar-refractivity contribution in [2.75, 3.05) is 18.6 Å². The fourth-order valence-electron chi connectivity index (χ4n) is 4.18. The number of hydrogen-bond donors (Lipinski definition) is 1. The van der Waals surface area contributed by atoms with Gasteiger partial charge >= 0.3 is 0 Å². The van der Waals surface area contributed by atoms with Gasteiger partial charge in [-0.1, -0.05) is 24.1 Å². The fourth-order valence-corrected chi connectivity index (χ4v) is 5.63. The van der Waals surface area contributed by atoms with E-state index in [1.54, 1.807) is 11.3 Å². The van der Waals surface area contributed by atoms with E-state index in [1.165, 1.54) is 22.9 Å². The molecule has 0 radical (unpaired) electrons. The number of thiazole rings is 1. The summed E-state index contributed by atoms with van der Waals surface area (Å²) in [5, 5.41) is 4.33. The van der Waals surface area contributed by atoms with Crippen LogP contribution in [-0.4, -0.2) is 38.1 Å². The summed E-state index contributed by atoms with van der Waals surface area (Å²) in [5.74, 6) is 3.58. The van der Waals surface area contributed by atoms with E-state index >= 15 is 0 Å². The number of hydrogen-bond acceptors (Lipinski definition) is 6. The van der Waals surface area contributed by atoms with Crippen molar-refractivity contribution < 1.29 is 13.2 Å². The van der Waals surface area contributed by atoms with Crippen LogP contribution in [0.5, 0.6) is 5.75 Å². The predicted molar refractivity (Wildman–Crippen MR) is 135 cm³/mol. The molecule has 1 unspecified atom stereocenters. The SMILES string of the molecule is C#Cc1cc(-c2ncc(-c3cccc4c3CCC4NCCS(C)(=O)=O)s2)ccc1OC(C)C. The number of terminal acetylenes is 1. The Morgan fingerprint density at radius 1 is 1.30 bits per heavy atom. The number of rotatable bonds is 8. The monoisotopic (exact) mass is 480 g/mol. The van der Waals surface area contributed by atoms with E-state index in [2.05, 4.69) is 34.4 Å². The Morgan fingerprint density at radius 3 is 2.85 bits per heavy atom. The summed E-state index contributed by atoms with van der Waals surface area (Å²) in [4.78, 5) is 5.79. The maximum Gasteiger partial charge on any atom is 0.148 e. The molecule has 1 N–H and O–H groups in total. The molecule has 1 aliphatic carbocycles. The zero-order valence-corrected chi connectivity index (χ0v) is 20.7. The van der Waals surface area contributed by atoms with Gasteiger partial charge in [0, 0.05) is 30.6 Å². The molecule has 5 nitrogen and oxygen atoms in total. The van der Waals surface area contributed by atoms with Crippen LogP contribution in [0.2, 0.25) is 0 Å². The minimum Gasteiger partial charge on any atom is -0.490 e. The van der Waals surface area contributed by atoms with E-state index in [-0.39, 0.29) is 17.9 Å². The largest absolute Gasteiger partial charge is 0.490 e. The summed E-state index contributed by atoms with van der Waals surface area (Å²) in [6.45, 7) is 4.42. The third kappa shape index (κ3) is 5.47. The quantitative estimate of drug-likeness (QED) is 0.466. The number of benzene rings is 2. The lowest BCUT2D eigenvalue weighted by molar-refractivity contribution is 0.242. The zero-order chi connectivity index (χ0) is 23.6. The van der Waals surface area contributed by atoms with Crippen molar-refractivity contribution in [3.05, 3.63) is 59.3 Å². The van der Waals surface area contributed by atoms with Crippen LogP contribution in [0.25, 0.3) is 21.0 Å². The lowest BCUT2D eigenvalue weighted by Crippen LogP contribution is -2.25. The van der Waals surface area contributed by atoms with Crippen LogP contribution >= 0.6 is 11.3 Å². The number of sulfone groups is 1. The normalized spacial score (nSPS) is 15.4. The maximum atomic E-state index is 11.5. The molecule has 2 aromatic carbocycles. The molecule has 0 bridgehead atoms. The molecule has 3 aromatic rings. The molecule has 0 spiro atoms. The fraction of sp³-hybridized carbons (Fsp3) is 0.346. The summed E-state index contributed by atoms with van der Waals surface area (Å²) in [6, 6.07) is 12.4. The molecule has 0 saturated heterocycles. The molecule has 1 aliphatic rings. The molecule has 172 valence electrons. The summed E-state index contributed by atoms with van der Waals surface area (Å²) in [7, 11) is -2.97. The number of ether oxygens (including phenoxy) is 1. The van der Waals surface area contributed by atoms with Crippen LogP contribution < -0.4 is 10.1 Å².